The molecule has 0 saturated carbocycles. The number of fused-ring (bicyclic) bond motifs is 1. The molecule has 7 heteroatoms. The van der Waals surface area contributed by atoms with Crippen LogP contribution in [-0.4, -0.2) is 22.2 Å². The van der Waals surface area contributed by atoms with Crippen molar-refractivity contribution in [1.29, 1.82) is 0 Å². The number of aromatic carboxylic acids is 1. The standard InChI is InChI=1S/C12H13ClN2O3S/c1-4(2)18-10-7(13)5(3)6-8(14)9(12(16)17)19-11(6)15-10/h4H,14H2,1-3H3,(H,16,17). The topological polar surface area (TPSA) is 85.4 Å². The van der Waals surface area contributed by atoms with Crippen LogP contribution in [0.1, 0.15) is 29.1 Å². The van der Waals surface area contributed by atoms with Gasteiger partial charge in [0.2, 0.25) is 5.88 Å². The summed E-state index contributed by atoms with van der Waals surface area (Å²) in [6.45, 7) is 5.50. The summed E-state index contributed by atoms with van der Waals surface area (Å²) >= 11 is 7.21. The van der Waals surface area contributed by atoms with E-state index < -0.39 is 5.97 Å². The zero-order valence-corrected chi connectivity index (χ0v) is 12.2. The molecule has 19 heavy (non-hydrogen) atoms. The second-order valence-corrected chi connectivity index (χ2v) is 5.73. The summed E-state index contributed by atoms with van der Waals surface area (Å²) < 4.78 is 5.52. The van der Waals surface area contributed by atoms with Gasteiger partial charge in [0.05, 0.1) is 11.8 Å². The summed E-state index contributed by atoms with van der Waals surface area (Å²) in [5, 5.41) is 10.0. The number of carboxylic acids is 1. The Morgan fingerprint density at radius 1 is 1.53 bits per heavy atom. The first-order valence-electron chi connectivity index (χ1n) is 5.61. The van der Waals surface area contributed by atoms with Crippen molar-refractivity contribution in [3.05, 3.63) is 15.5 Å². The van der Waals surface area contributed by atoms with Crippen LogP contribution in [-0.2, 0) is 0 Å². The molecule has 2 rings (SSSR count). The molecule has 0 bridgehead atoms. The van der Waals surface area contributed by atoms with Crippen molar-refractivity contribution in [1.82, 2.24) is 4.98 Å². The molecule has 2 aromatic rings. The fraction of sp³-hybridized carbons (Fsp3) is 0.333. The number of carbonyl (C=O) groups is 1. The number of carboxylic acid groups (broad SMARTS) is 1. The molecular weight excluding hydrogens is 288 g/mol. The normalized spacial score (nSPS) is 11.2. The van der Waals surface area contributed by atoms with Gasteiger partial charge in [0.1, 0.15) is 14.7 Å². The number of pyridine rings is 1. The fourth-order valence-electron chi connectivity index (χ4n) is 1.74. The maximum Gasteiger partial charge on any atom is 0.348 e. The first-order valence-corrected chi connectivity index (χ1v) is 6.80. The van der Waals surface area contributed by atoms with Crippen molar-refractivity contribution in [3.63, 3.8) is 0 Å². The number of aromatic nitrogens is 1. The van der Waals surface area contributed by atoms with E-state index in [2.05, 4.69) is 4.98 Å². The van der Waals surface area contributed by atoms with E-state index in [1.165, 1.54) is 0 Å². The summed E-state index contributed by atoms with van der Waals surface area (Å²) in [5.74, 6) is -0.762. The van der Waals surface area contributed by atoms with E-state index in [9.17, 15) is 4.79 Å². The molecule has 0 fully saturated rings. The van der Waals surface area contributed by atoms with E-state index in [-0.39, 0.29) is 16.7 Å². The number of hydrogen-bond acceptors (Lipinski definition) is 5. The Morgan fingerprint density at radius 3 is 2.68 bits per heavy atom. The molecule has 0 saturated heterocycles. The third kappa shape index (κ3) is 2.33. The lowest BCUT2D eigenvalue weighted by atomic mass is 10.1. The van der Waals surface area contributed by atoms with Crippen LogP contribution in [0.25, 0.3) is 10.2 Å². The first kappa shape index (κ1) is 13.9. The highest BCUT2D eigenvalue weighted by atomic mass is 35.5. The van der Waals surface area contributed by atoms with Crippen molar-refractivity contribution >= 4 is 44.8 Å². The van der Waals surface area contributed by atoms with E-state index in [0.29, 0.717) is 26.7 Å². The van der Waals surface area contributed by atoms with Crippen LogP contribution in [0.3, 0.4) is 0 Å². The molecule has 0 aliphatic carbocycles. The van der Waals surface area contributed by atoms with Gasteiger partial charge in [-0.2, -0.15) is 0 Å². The molecule has 0 unspecified atom stereocenters. The minimum Gasteiger partial charge on any atom is -0.477 e. The van der Waals surface area contributed by atoms with Gasteiger partial charge in [-0.1, -0.05) is 11.6 Å². The van der Waals surface area contributed by atoms with Gasteiger partial charge < -0.3 is 15.6 Å². The number of halogens is 1. The lowest BCUT2D eigenvalue weighted by Crippen LogP contribution is -2.07. The van der Waals surface area contributed by atoms with E-state index in [1.807, 2.05) is 13.8 Å². The van der Waals surface area contributed by atoms with Gasteiger partial charge in [0, 0.05) is 5.39 Å². The number of ether oxygens (including phenoxy) is 1. The number of nitrogens with zero attached hydrogens (tertiary/aromatic N) is 1. The van der Waals surface area contributed by atoms with Crippen molar-refractivity contribution in [2.45, 2.75) is 26.9 Å². The Kier molecular flexibility index (Phi) is 3.56. The lowest BCUT2D eigenvalue weighted by molar-refractivity contribution is 0.0703. The van der Waals surface area contributed by atoms with Crippen LogP contribution in [0, 0.1) is 6.92 Å². The van der Waals surface area contributed by atoms with Crippen LogP contribution in [0.15, 0.2) is 0 Å². The number of nitrogen functional groups attached to an aromatic ring is 1. The largest absolute Gasteiger partial charge is 0.477 e. The highest BCUT2D eigenvalue weighted by molar-refractivity contribution is 7.21. The molecule has 0 atom stereocenters. The van der Waals surface area contributed by atoms with Gasteiger partial charge in [-0.05, 0) is 26.3 Å². The highest BCUT2D eigenvalue weighted by Crippen LogP contribution is 2.40. The van der Waals surface area contributed by atoms with E-state index >= 15 is 0 Å². The van der Waals surface area contributed by atoms with Crippen LogP contribution in [0.4, 0.5) is 5.69 Å². The number of anilines is 1. The molecule has 0 aromatic carbocycles. The third-order valence-corrected chi connectivity index (χ3v) is 4.10. The predicted octanol–water partition coefficient (Wildman–Crippen LogP) is 3.33. The molecule has 0 amide bonds. The summed E-state index contributed by atoms with van der Waals surface area (Å²) in [4.78, 5) is 15.9. The Morgan fingerprint density at radius 2 is 2.16 bits per heavy atom. The molecule has 0 radical (unpaired) electrons. The fourth-order valence-corrected chi connectivity index (χ4v) is 2.91. The van der Waals surface area contributed by atoms with Crippen LogP contribution >= 0.6 is 22.9 Å². The monoisotopic (exact) mass is 300 g/mol. The Labute approximate surface area is 119 Å². The maximum absolute atomic E-state index is 11.1. The molecule has 0 spiro atoms. The van der Waals surface area contributed by atoms with Gasteiger partial charge in [-0.15, -0.1) is 11.3 Å². The molecule has 3 N–H and O–H groups in total. The summed E-state index contributed by atoms with van der Waals surface area (Å²) in [6.07, 6.45) is -0.0712. The van der Waals surface area contributed by atoms with Gasteiger partial charge in [0.25, 0.3) is 0 Å². The first-order chi connectivity index (χ1) is 8.82. The molecule has 0 aliphatic heterocycles. The molecule has 2 heterocycles. The third-order valence-electron chi connectivity index (χ3n) is 2.56. The maximum atomic E-state index is 11.1. The van der Waals surface area contributed by atoms with Gasteiger partial charge in [-0.25, -0.2) is 9.78 Å². The van der Waals surface area contributed by atoms with Crippen LogP contribution < -0.4 is 10.5 Å². The Hall–Kier alpha value is -1.53. The quantitative estimate of drug-likeness (QED) is 0.908. The number of hydrogen-bond donors (Lipinski definition) is 2. The summed E-state index contributed by atoms with van der Waals surface area (Å²) in [5.41, 5.74) is 6.74. The van der Waals surface area contributed by atoms with Crippen LogP contribution in [0.5, 0.6) is 5.88 Å². The zero-order valence-electron chi connectivity index (χ0n) is 10.7. The van der Waals surface area contributed by atoms with Gasteiger partial charge >= 0.3 is 5.97 Å². The number of nitrogens with two attached hydrogens (primary N) is 1. The summed E-state index contributed by atoms with van der Waals surface area (Å²) in [6, 6.07) is 0. The minimum atomic E-state index is -1.07. The number of aryl methyl sites for hydroxylation is 1. The number of thiophene rings is 1. The molecule has 102 valence electrons. The second-order valence-electron chi connectivity index (χ2n) is 4.35. The summed E-state index contributed by atoms with van der Waals surface area (Å²) in [7, 11) is 0. The van der Waals surface area contributed by atoms with Crippen molar-refractivity contribution < 1.29 is 14.6 Å². The Balaban J connectivity index is 2.73. The zero-order chi connectivity index (χ0) is 14.3. The lowest BCUT2D eigenvalue weighted by Gasteiger charge is -2.12. The SMILES string of the molecule is Cc1c(Cl)c(OC(C)C)nc2sc(C(=O)O)c(N)c12. The Bertz CT molecular complexity index is 667. The average Bonchev–Trinajstić information content (AvgIpc) is 2.62. The predicted molar refractivity (Wildman–Crippen MR) is 76.5 cm³/mol. The smallest absolute Gasteiger partial charge is 0.348 e. The van der Waals surface area contributed by atoms with Crippen molar-refractivity contribution in [2.24, 2.45) is 0 Å². The second kappa shape index (κ2) is 4.86. The van der Waals surface area contributed by atoms with E-state index in [4.69, 9.17) is 27.2 Å². The average molecular weight is 301 g/mol. The molecule has 5 nitrogen and oxygen atoms in total. The van der Waals surface area contributed by atoms with Crippen molar-refractivity contribution in [3.8, 4) is 5.88 Å². The molecule has 2 aromatic heterocycles. The van der Waals surface area contributed by atoms with Crippen molar-refractivity contribution in [2.75, 3.05) is 5.73 Å². The van der Waals surface area contributed by atoms with Gasteiger partial charge in [0.15, 0.2) is 0 Å². The molecular formula is C12H13ClN2O3S. The van der Waals surface area contributed by atoms with Gasteiger partial charge in [-0.3, -0.25) is 0 Å². The minimum absolute atomic E-state index is 0.0712. The highest BCUT2D eigenvalue weighted by Gasteiger charge is 2.22. The molecule has 0 aliphatic rings. The number of rotatable bonds is 3. The van der Waals surface area contributed by atoms with Crippen LogP contribution in [0.2, 0.25) is 5.02 Å². The van der Waals surface area contributed by atoms with E-state index in [1.54, 1.807) is 6.92 Å². The van der Waals surface area contributed by atoms with E-state index in [0.717, 1.165) is 11.3 Å².